The highest BCUT2D eigenvalue weighted by Crippen LogP contribution is 1.90. The SMILES string of the molecule is CCC([O])COC(N)=O. The molecule has 0 saturated carbocycles. The van der Waals surface area contributed by atoms with Crippen LogP contribution in [0, 0.1) is 0 Å². The third-order valence-corrected chi connectivity index (χ3v) is 0.867. The summed E-state index contributed by atoms with van der Waals surface area (Å²) < 4.78 is 4.22. The van der Waals surface area contributed by atoms with Crippen LogP contribution in [0.15, 0.2) is 0 Å². The van der Waals surface area contributed by atoms with Gasteiger partial charge in [-0.2, -0.15) is 0 Å². The molecule has 0 aliphatic carbocycles. The minimum Gasteiger partial charge on any atom is -0.447 e. The summed E-state index contributed by atoms with van der Waals surface area (Å²) in [6.07, 6.45) is -1.27. The van der Waals surface area contributed by atoms with E-state index in [4.69, 9.17) is 0 Å². The first-order valence-electron chi connectivity index (χ1n) is 2.74. The number of hydrogen-bond acceptors (Lipinski definition) is 2. The van der Waals surface area contributed by atoms with Crippen molar-refractivity contribution in [2.75, 3.05) is 6.61 Å². The highest BCUT2D eigenvalue weighted by atomic mass is 16.6. The summed E-state index contributed by atoms with van der Waals surface area (Å²) in [7, 11) is 0. The predicted octanol–water partition coefficient (Wildman–Crippen LogP) is 0.291. The van der Waals surface area contributed by atoms with Crippen molar-refractivity contribution in [3.8, 4) is 0 Å². The van der Waals surface area contributed by atoms with Gasteiger partial charge < -0.3 is 10.5 Å². The van der Waals surface area contributed by atoms with Gasteiger partial charge in [0.15, 0.2) is 0 Å². The van der Waals surface area contributed by atoms with Crippen LogP contribution in [-0.4, -0.2) is 18.8 Å². The van der Waals surface area contributed by atoms with Gasteiger partial charge in [0.25, 0.3) is 0 Å². The summed E-state index contributed by atoms with van der Waals surface area (Å²) in [5, 5.41) is 10.5. The fourth-order valence-electron chi connectivity index (χ4n) is 0.293. The highest BCUT2D eigenvalue weighted by Gasteiger charge is 2.03. The molecule has 0 saturated heterocycles. The van der Waals surface area contributed by atoms with Crippen LogP contribution in [0.3, 0.4) is 0 Å². The number of rotatable bonds is 3. The maximum Gasteiger partial charge on any atom is 0.404 e. The molecule has 1 unspecified atom stereocenters. The summed E-state index contributed by atoms with van der Waals surface area (Å²) in [6, 6.07) is 0. The summed E-state index contributed by atoms with van der Waals surface area (Å²) in [5.41, 5.74) is 4.60. The van der Waals surface area contributed by atoms with Gasteiger partial charge >= 0.3 is 6.09 Å². The maximum absolute atomic E-state index is 10.5. The lowest BCUT2D eigenvalue weighted by atomic mass is 10.3. The molecule has 53 valence electrons. The average molecular weight is 132 g/mol. The van der Waals surface area contributed by atoms with E-state index in [0.29, 0.717) is 6.42 Å². The minimum atomic E-state index is -0.885. The zero-order valence-electron chi connectivity index (χ0n) is 5.29. The second-order valence-electron chi connectivity index (χ2n) is 1.66. The van der Waals surface area contributed by atoms with Gasteiger partial charge in [-0.3, -0.25) is 0 Å². The predicted molar refractivity (Wildman–Crippen MR) is 30.3 cm³/mol. The summed E-state index contributed by atoms with van der Waals surface area (Å²) in [4.78, 5) is 9.88. The van der Waals surface area contributed by atoms with Crippen molar-refractivity contribution < 1.29 is 14.6 Å². The average Bonchev–Trinajstić information content (AvgIpc) is 1.83. The first-order valence-corrected chi connectivity index (χ1v) is 2.74. The number of amides is 1. The second-order valence-corrected chi connectivity index (χ2v) is 1.66. The Bertz CT molecular complexity index is 94.2. The molecular weight excluding hydrogens is 122 g/mol. The highest BCUT2D eigenvalue weighted by molar-refractivity contribution is 5.64. The largest absolute Gasteiger partial charge is 0.447 e. The Labute approximate surface area is 53.6 Å². The molecule has 0 aliphatic heterocycles. The van der Waals surface area contributed by atoms with E-state index in [-0.39, 0.29) is 6.61 Å². The van der Waals surface area contributed by atoms with Gasteiger partial charge in [0.1, 0.15) is 12.7 Å². The molecule has 2 N–H and O–H groups in total. The molecule has 0 rings (SSSR count). The molecule has 1 radical (unpaired) electrons. The lowest BCUT2D eigenvalue weighted by Gasteiger charge is -2.02. The van der Waals surface area contributed by atoms with Crippen molar-refractivity contribution in [2.45, 2.75) is 19.4 Å². The smallest absolute Gasteiger partial charge is 0.404 e. The molecule has 0 aromatic carbocycles. The van der Waals surface area contributed by atoms with Gasteiger partial charge in [-0.15, -0.1) is 0 Å². The minimum absolute atomic E-state index is 0.119. The van der Waals surface area contributed by atoms with Crippen LogP contribution in [0.25, 0.3) is 0 Å². The Morgan fingerprint density at radius 3 is 2.67 bits per heavy atom. The molecule has 1 amide bonds. The van der Waals surface area contributed by atoms with Gasteiger partial charge in [-0.25, -0.2) is 9.90 Å². The first-order chi connectivity index (χ1) is 4.16. The normalized spacial score (nSPS) is 12.7. The van der Waals surface area contributed by atoms with Gasteiger partial charge in [0.05, 0.1) is 0 Å². The summed E-state index contributed by atoms with van der Waals surface area (Å²) in [5.74, 6) is 0. The third kappa shape index (κ3) is 5.10. The standard InChI is InChI=1S/C5H10NO3/c1-2-4(7)3-9-5(6)8/h4H,2-3H2,1H3,(H2,6,8). The van der Waals surface area contributed by atoms with E-state index in [0.717, 1.165) is 0 Å². The topological polar surface area (TPSA) is 72.2 Å². The van der Waals surface area contributed by atoms with Gasteiger partial charge in [-0.1, -0.05) is 6.92 Å². The Morgan fingerprint density at radius 1 is 1.78 bits per heavy atom. The van der Waals surface area contributed by atoms with Crippen molar-refractivity contribution in [3.63, 3.8) is 0 Å². The zero-order chi connectivity index (χ0) is 7.28. The Hall–Kier alpha value is -0.770. The van der Waals surface area contributed by atoms with E-state index in [2.05, 4.69) is 10.5 Å². The van der Waals surface area contributed by atoms with Gasteiger partial charge in [-0.05, 0) is 6.42 Å². The number of primary amides is 1. The first kappa shape index (κ1) is 8.23. The summed E-state index contributed by atoms with van der Waals surface area (Å²) in [6.45, 7) is 1.61. The lowest BCUT2D eigenvalue weighted by Crippen LogP contribution is -2.20. The molecule has 0 bridgehead atoms. The van der Waals surface area contributed by atoms with Gasteiger partial charge in [0, 0.05) is 0 Å². The molecule has 4 nitrogen and oxygen atoms in total. The van der Waals surface area contributed by atoms with E-state index in [9.17, 15) is 9.90 Å². The molecule has 0 aromatic rings. The van der Waals surface area contributed by atoms with Crippen LogP contribution < -0.4 is 5.73 Å². The van der Waals surface area contributed by atoms with Crippen LogP contribution in [0.4, 0.5) is 4.79 Å². The van der Waals surface area contributed by atoms with Crippen LogP contribution in [0.5, 0.6) is 0 Å². The summed E-state index contributed by atoms with van der Waals surface area (Å²) >= 11 is 0. The van der Waals surface area contributed by atoms with E-state index in [1.165, 1.54) is 0 Å². The fraction of sp³-hybridized carbons (Fsp3) is 0.800. The van der Waals surface area contributed by atoms with E-state index < -0.39 is 12.2 Å². The van der Waals surface area contributed by atoms with Crippen LogP contribution in [0.1, 0.15) is 13.3 Å². The number of ether oxygens (including phenoxy) is 1. The molecule has 0 aliphatic rings. The Morgan fingerprint density at radius 2 is 2.33 bits per heavy atom. The third-order valence-electron chi connectivity index (χ3n) is 0.867. The molecule has 0 aromatic heterocycles. The Balaban J connectivity index is 3.16. The fourth-order valence-corrected chi connectivity index (χ4v) is 0.293. The second kappa shape index (κ2) is 4.14. The molecule has 1 atom stereocenters. The number of hydrogen-bond donors (Lipinski definition) is 1. The van der Waals surface area contributed by atoms with E-state index >= 15 is 0 Å². The number of carbonyl (C=O) groups excluding carboxylic acids is 1. The van der Waals surface area contributed by atoms with Crippen molar-refractivity contribution in [1.82, 2.24) is 0 Å². The van der Waals surface area contributed by atoms with Gasteiger partial charge in [0.2, 0.25) is 0 Å². The van der Waals surface area contributed by atoms with Crippen LogP contribution in [-0.2, 0) is 9.84 Å². The molecule has 4 heteroatoms. The van der Waals surface area contributed by atoms with E-state index in [1.54, 1.807) is 6.92 Å². The van der Waals surface area contributed by atoms with Crippen molar-refractivity contribution >= 4 is 6.09 Å². The van der Waals surface area contributed by atoms with Crippen molar-refractivity contribution in [2.24, 2.45) is 5.73 Å². The zero-order valence-corrected chi connectivity index (χ0v) is 5.29. The molecule has 0 fully saturated rings. The lowest BCUT2D eigenvalue weighted by molar-refractivity contribution is 0.0235. The monoisotopic (exact) mass is 132 g/mol. The molecular formula is C5H10NO3. The number of carbonyl (C=O) groups is 1. The molecule has 0 heterocycles. The quantitative estimate of drug-likeness (QED) is 0.599. The molecule has 9 heavy (non-hydrogen) atoms. The van der Waals surface area contributed by atoms with E-state index in [1.807, 2.05) is 0 Å². The van der Waals surface area contributed by atoms with Crippen LogP contribution in [0.2, 0.25) is 0 Å². The van der Waals surface area contributed by atoms with Crippen molar-refractivity contribution in [3.05, 3.63) is 0 Å². The van der Waals surface area contributed by atoms with Crippen LogP contribution >= 0.6 is 0 Å². The maximum atomic E-state index is 10.5. The number of nitrogens with two attached hydrogens (primary N) is 1. The van der Waals surface area contributed by atoms with Crippen molar-refractivity contribution in [1.29, 1.82) is 0 Å². The molecule has 0 spiro atoms. The Kier molecular flexibility index (Phi) is 3.79.